The third kappa shape index (κ3) is 3.11. The van der Waals surface area contributed by atoms with E-state index in [0.29, 0.717) is 16.3 Å². The maximum Gasteiger partial charge on any atom is 0.358 e. The maximum atomic E-state index is 11.6. The van der Waals surface area contributed by atoms with Crippen LogP contribution >= 0.6 is 34.8 Å². The zero-order chi connectivity index (χ0) is 15.6. The van der Waals surface area contributed by atoms with E-state index in [1.54, 1.807) is 6.07 Å². The molecule has 2 aromatic rings. The van der Waals surface area contributed by atoms with Gasteiger partial charge >= 0.3 is 5.97 Å². The van der Waals surface area contributed by atoms with Crippen molar-refractivity contribution in [1.82, 2.24) is 4.98 Å². The summed E-state index contributed by atoms with van der Waals surface area (Å²) < 4.78 is 4.61. The number of rotatable bonds is 2. The molecular weight excluding hydrogens is 335 g/mol. The van der Waals surface area contributed by atoms with Crippen molar-refractivity contribution in [1.29, 1.82) is 5.26 Å². The van der Waals surface area contributed by atoms with Gasteiger partial charge in [0.2, 0.25) is 0 Å². The Kier molecular flexibility index (Phi) is 4.69. The highest BCUT2D eigenvalue weighted by atomic mass is 35.5. The van der Waals surface area contributed by atoms with Crippen LogP contribution in [0, 0.1) is 11.3 Å². The molecule has 0 bridgehead atoms. The fourth-order valence-electron chi connectivity index (χ4n) is 1.66. The van der Waals surface area contributed by atoms with Crippen molar-refractivity contribution in [3.63, 3.8) is 0 Å². The van der Waals surface area contributed by atoms with Gasteiger partial charge in [-0.3, -0.25) is 0 Å². The number of aromatic nitrogens is 1. The number of esters is 1. The molecule has 0 amide bonds. The summed E-state index contributed by atoms with van der Waals surface area (Å²) in [7, 11) is 1.23. The first-order valence-electron chi connectivity index (χ1n) is 5.62. The standard InChI is InChI=1S/C14H7Cl3N2O2/c1-21-14(20)13-9(15)2-3-12(19-13)8-5-10(16)7(6-18)4-11(8)17/h2-5H,1H3. The van der Waals surface area contributed by atoms with E-state index in [0.717, 1.165) is 0 Å². The van der Waals surface area contributed by atoms with E-state index in [1.807, 2.05) is 6.07 Å². The van der Waals surface area contributed by atoms with E-state index in [9.17, 15) is 4.79 Å². The Morgan fingerprint density at radius 2 is 1.90 bits per heavy atom. The van der Waals surface area contributed by atoms with Crippen molar-refractivity contribution in [2.45, 2.75) is 0 Å². The second-order valence-corrected chi connectivity index (χ2v) is 5.16. The maximum absolute atomic E-state index is 11.6. The zero-order valence-corrected chi connectivity index (χ0v) is 12.9. The van der Waals surface area contributed by atoms with Crippen LogP contribution in [-0.2, 0) is 4.74 Å². The highest BCUT2D eigenvalue weighted by molar-refractivity contribution is 6.36. The molecule has 0 saturated carbocycles. The fraction of sp³-hybridized carbons (Fsp3) is 0.0714. The predicted octanol–water partition coefficient (Wildman–Crippen LogP) is 4.37. The molecule has 1 aromatic heterocycles. The molecule has 0 atom stereocenters. The molecule has 1 aromatic carbocycles. The van der Waals surface area contributed by atoms with Gasteiger partial charge in [-0.15, -0.1) is 0 Å². The van der Waals surface area contributed by atoms with Gasteiger partial charge in [0.05, 0.1) is 33.4 Å². The number of carbonyl (C=O) groups excluding carboxylic acids is 1. The van der Waals surface area contributed by atoms with Gasteiger partial charge in [0.1, 0.15) is 6.07 Å². The lowest BCUT2D eigenvalue weighted by atomic mass is 10.1. The Balaban J connectivity index is 2.61. The summed E-state index contributed by atoms with van der Waals surface area (Å²) in [5, 5.41) is 9.61. The summed E-state index contributed by atoms with van der Waals surface area (Å²) >= 11 is 18.0. The quantitative estimate of drug-likeness (QED) is 0.761. The Morgan fingerprint density at radius 3 is 2.52 bits per heavy atom. The second kappa shape index (κ2) is 6.31. The minimum Gasteiger partial charge on any atom is -0.464 e. The Hall–Kier alpha value is -1.80. The second-order valence-electron chi connectivity index (χ2n) is 3.94. The average Bonchev–Trinajstić information content (AvgIpc) is 2.49. The molecule has 106 valence electrons. The van der Waals surface area contributed by atoms with E-state index in [4.69, 9.17) is 40.1 Å². The first kappa shape index (κ1) is 15.6. The summed E-state index contributed by atoms with van der Waals surface area (Å²) in [6.07, 6.45) is 0. The van der Waals surface area contributed by atoms with Crippen LogP contribution in [0.4, 0.5) is 0 Å². The summed E-state index contributed by atoms with van der Waals surface area (Å²) in [5.41, 5.74) is 1.12. The van der Waals surface area contributed by atoms with Crippen molar-refractivity contribution in [2.75, 3.05) is 7.11 Å². The highest BCUT2D eigenvalue weighted by Gasteiger charge is 2.16. The molecule has 0 aliphatic rings. The number of hydrogen-bond acceptors (Lipinski definition) is 4. The number of halogens is 3. The van der Waals surface area contributed by atoms with Gasteiger partial charge < -0.3 is 4.74 Å². The number of carbonyl (C=O) groups is 1. The molecule has 1 heterocycles. The van der Waals surface area contributed by atoms with Crippen molar-refractivity contribution in [3.05, 3.63) is 50.6 Å². The molecule has 0 aliphatic heterocycles. The van der Waals surface area contributed by atoms with Crippen LogP contribution in [0.25, 0.3) is 11.3 Å². The lowest BCUT2D eigenvalue weighted by Crippen LogP contribution is -2.06. The van der Waals surface area contributed by atoms with Crippen LogP contribution in [0.1, 0.15) is 16.1 Å². The minimum absolute atomic E-state index is 0.0202. The van der Waals surface area contributed by atoms with Gasteiger partial charge in [-0.2, -0.15) is 5.26 Å². The monoisotopic (exact) mass is 340 g/mol. The third-order valence-electron chi connectivity index (χ3n) is 2.68. The lowest BCUT2D eigenvalue weighted by Gasteiger charge is -2.08. The van der Waals surface area contributed by atoms with Gasteiger partial charge in [-0.05, 0) is 24.3 Å². The van der Waals surface area contributed by atoms with E-state index < -0.39 is 5.97 Å². The summed E-state index contributed by atoms with van der Waals surface area (Å²) in [6.45, 7) is 0. The van der Waals surface area contributed by atoms with E-state index in [-0.39, 0.29) is 21.3 Å². The predicted molar refractivity (Wildman–Crippen MR) is 80.8 cm³/mol. The molecule has 0 unspecified atom stereocenters. The molecule has 4 nitrogen and oxygen atoms in total. The molecule has 0 aliphatic carbocycles. The van der Waals surface area contributed by atoms with E-state index in [2.05, 4.69) is 9.72 Å². The largest absolute Gasteiger partial charge is 0.464 e. The number of ether oxygens (including phenoxy) is 1. The Morgan fingerprint density at radius 1 is 1.19 bits per heavy atom. The number of nitriles is 1. The average molecular weight is 342 g/mol. The van der Waals surface area contributed by atoms with Crippen LogP contribution in [0.5, 0.6) is 0 Å². The fourth-order valence-corrected chi connectivity index (χ4v) is 2.31. The van der Waals surface area contributed by atoms with Crippen molar-refractivity contribution in [3.8, 4) is 17.3 Å². The summed E-state index contributed by atoms with van der Waals surface area (Å²) in [6, 6.07) is 7.99. The van der Waals surface area contributed by atoms with Crippen LogP contribution in [-0.4, -0.2) is 18.1 Å². The Labute approximate surface area is 135 Å². The van der Waals surface area contributed by atoms with Crippen molar-refractivity contribution >= 4 is 40.8 Å². The first-order chi connectivity index (χ1) is 9.97. The number of nitrogens with zero attached hydrogens (tertiary/aromatic N) is 2. The van der Waals surface area contributed by atoms with E-state index in [1.165, 1.54) is 25.3 Å². The normalized spacial score (nSPS) is 10.0. The van der Waals surface area contributed by atoms with Crippen LogP contribution in [0.15, 0.2) is 24.3 Å². The Bertz CT molecular complexity index is 770. The lowest BCUT2D eigenvalue weighted by molar-refractivity contribution is 0.0594. The zero-order valence-electron chi connectivity index (χ0n) is 10.7. The molecule has 7 heteroatoms. The minimum atomic E-state index is -0.655. The van der Waals surface area contributed by atoms with Crippen LogP contribution in [0.3, 0.4) is 0 Å². The topological polar surface area (TPSA) is 63.0 Å². The molecule has 0 radical (unpaired) electrons. The van der Waals surface area contributed by atoms with Gasteiger partial charge in [0.15, 0.2) is 5.69 Å². The highest BCUT2D eigenvalue weighted by Crippen LogP contribution is 2.33. The molecule has 0 spiro atoms. The van der Waals surface area contributed by atoms with E-state index >= 15 is 0 Å². The first-order valence-corrected chi connectivity index (χ1v) is 6.75. The summed E-state index contributed by atoms with van der Waals surface area (Å²) in [5.74, 6) is -0.655. The molecule has 2 rings (SSSR count). The van der Waals surface area contributed by atoms with Gasteiger partial charge in [-0.25, -0.2) is 9.78 Å². The smallest absolute Gasteiger partial charge is 0.358 e. The van der Waals surface area contributed by atoms with Crippen LogP contribution < -0.4 is 0 Å². The molecule has 0 fully saturated rings. The van der Waals surface area contributed by atoms with Gasteiger partial charge in [-0.1, -0.05) is 34.8 Å². The number of pyridine rings is 1. The number of methoxy groups -OCH3 is 1. The number of hydrogen-bond donors (Lipinski definition) is 0. The molecule has 21 heavy (non-hydrogen) atoms. The van der Waals surface area contributed by atoms with Crippen molar-refractivity contribution < 1.29 is 9.53 Å². The van der Waals surface area contributed by atoms with Crippen LogP contribution in [0.2, 0.25) is 15.1 Å². The molecular formula is C14H7Cl3N2O2. The SMILES string of the molecule is COC(=O)c1nc(-c2cc(Cl)c(C#N)cc2Cl)ccc1Cl. The number of benzene rings is 1. The third-order valence-corrected chi connectivity index (χ3v) is 3.61. The molecule has 0 N–H and O–H groups in total. The van der Waals surface area contributed by atoms with Gasteiger partial charge in [0, 0.05) is 5.56 Å². The van der Waals surface area contributed by atoms with Crippen molar-refractivity contribution in [2.24, 2.45) is 0 Å². The summed E-state index contributed by atoms with van der Waals surface area (Å²) in [4.78, 5) is 15.7. The van der Waals surface area contributed by atoms with Gasteiger partial charge in [0.25, 0.3) is 0 Å². The molecule has 0 saturated heterocycles.